The number of aromatic nitrogens is 1. The molecule has 1 unspecified atom stereocenters. The van der Waals surface area contributed by atoms with E-state index in [9.17, 15) is 10.1 Å². The lowest BCUT2D eigenvalue weighted by Crippen LogP contribution is -2.28. The number of aliphatic imine (C=N–C) groups is 1. The summed E-state index contributed by atoms with van der Waals surface area (Å²) in [7, 11) is 5.60. The Balaban J connectivity index is 1.32. The predicted octanol–water partition coefficient (Wildman–Crippen LogP) is 3.53. The monoisotopic (exact) mass is 493 g/mol. The minimum Gasteiger partial charge on any atom is -0.384 e. The summed E-state index contributed by atoms with van der Waals surface area (Å²) in [4.78, 5) is 20.5. The highest BCUT2D eigenvalue weighted by Crippen LogP contribution is 2.36. The number of anilines is 1. The van der Waals surface area contributed by atoms with E-state index in [1.54, 1.807) is 25.1 Å². The molecular weight excluding hydrogens is 462 g/mol. The molecular formula is C29H31N7O. The van der Waals surface area contributed by atoms with Crippen LogP contribution < -0.4 is 11.1 Å². The lowest BCUT2D eigenvalue weighted by Gasteiger charge is -2.27. The third kappa shape index (κ3) is 4.74. The molecule has 1 atom stereocenters. The Morgan fingerprint density at radius 1 is 1.24 bits per heavy atom. The van der Waals surface area contributed by atoms with Crippen molar-refractivity contribution in [2.75, 3.05) is 32.5 Å². The number of fused-ring (bicyclic) bond motifs is 1. The molecule has 3 N–H and O–H groups in total. The Morgan fingerprint density at radius 3 is 2.70 bits per heavy atom. The van der Waals surface area contributed by atoms with Gasteiger partial charge in [-0.15, -0.1) is 0 Å². The summed E-state index contributed by atoms with van der Waals surface area (Å²) in [6.45, 7) is 2.62. The molecule has 3 aliphatic heterocycles. The summed E-state index contributed by atoms with van der Waals surface area (Å²) in [6, 6.07) is 11.8. The minimum absolute atomic E-state index is 0.0172. The normalized spacial score (nSPS) is 21.0. The van der Waals surface area contributed by atoms with Gasteiger partial charge in [0.15, 0.2) is 6.04 Å². The van der Waals surface area contributed by atoms with Crippen LogP contribution in [-0.2, 0) is 13.6 Å². The molecule has 188 valence electrons. The summed E-state index contributed by atoms with van der Waals surface area (Å²) in [6.07, 6.45) is 10.8. The van der Waals surface area contributed by atoms with Crippen LogP contribution in [0.3, 0.4) is 0 Å². The molecule has 8 nitrogen and oxygen atoms in total. The first-order valence-corrected chi connectivity index (χ1v) is 12.4. The number of carbonyl (C=O) groups excluding carboxylic acids is 1. The number of benzene rings is 1. The van der Waals surface area contributed by atoms with Crippen LogP contribution in [0.5, 0.6) is 0 Å². The smallest absolute Gasteiger partial charge is 0.253 e. The lowest BCUT2D eigenvalue weighted by atomic mass is 9.93. The second-order valence-corrected chi connectivity index (χ2v) is 9.71. The number of nitrogens with zero attached hydrogens (tertiary/aromatic N) is 5. The van der Waals surface area contributed by atoms with E-state index in [4.69, 9.17) is 5.73 Å². The number of amides is 1. The number of allylic oxidation sites excluding steroid dienone is 2. The number of amidine groups is 1. The fraction of sp³-hybridized carbons (Fsp3) is 0.276. The number of carbonyl (C=O) groups is 1. The van der Waals surface area contributed by atoms with Crippen molar-refractivity contribution in [2.24, 2.45) is 17.8 Å². The van der Waals surface area contributed by atoms with E-state index in [1.165, 1.54) is 16.8 Å². The highest BCUT2D eigenvalue weighted by molar-refractivity contribution is 5.97. The Morgan fingerprint density at radius 2 is 2.03 bits per heavy atom. The molecule has 0 radical (unpaired) electrons. The van der Waals surface area contributed by atoms with Crippen molar-refractivity contribution in [3.05, 3.63) is 88.8 Å². The Labute approximate surface area is 217 Å². The summed E-state index contributed by atoms with van der Waals surface area (Å²) in [5.41, 5.74) is 13.1. The molecule has 0 bridgehead atoms. The SMILES string of the molecule is CN(C)C(=O)c1ccc(C2=CCN(Cc3cc4c(n3C)NC=C/C4=C3/C=CC(N)=NC3C#N)CC2)cc1. The molecule has 4 heterocycles. The number of hydrogen-bond acceptors (Lipinski definition) is 6. The van der Waals surface area contributed by atoms with Crippen LogP contribution >= 0.6 is 0 Å². The predicted molar refractivity (Wildman–Crippen MR) is 148 cm³/mol. The Kier molecular flexibility index (Phi) is 6.55. The molecule has 1 aromatic carbocycles. The molecule has 0 saturated carbocycles. The fourth-order valence-electron chi connectivity index (χ4n) is 5.03. The topological polar surface area (TPSA) is 103 Å². The van der Waals surface area contributed by atoms with Gasteiger partial charge in [0.2, 0.25) is 0 Å². The van der Waals surface area contributed by atoms with E-state index in [0.29, 0.717) is 11.4 Å². The Bertz CT molecular complexity index is 1430. The van der Waals surface area contributed by atoms with Crippen molar-refractivity contribution in [3.63, 3.8) is 0 Å². The van der Waals surface area contributed by atoms with E-state index in [2.05, 4.69) is 45.0 Å². The van der Waals surface area contributed by atoms with Crippen LogP contribution in [0.4, 0.5) is 5.82 Å². The van der Waals surface area contributed by atoms with Crippen LogP contribution in [0.2, 0.25) is 0 Å². The van der Waals surface area contributed by atoms with Crippen molar-refractivity contribution < 1.29 is 4.79 Å². The van der Waals surface area contributed by atoms with Gasteiger partial charge in [0.25, 0.3) is 5.91 Å². The van der Waals surface area contributed by atoms with Gasteiger partial charge in [0.05, 0.1) is 6.07 Å². The minimum atomic E-state index is -0.611. The van der Waals surface area contributed by atoms with Crippen molar-refractivity contribution in [1.29, 1.82) is 5.26 Å². The maximum absolute atomic E-state index is 12.2. The maximum atomic E-state index is 12.2. The van der Waals surface area contributed by atoms with E-state index in [-0.39, 0.29) is 5.91 Å². The fourth-order valence-corrected chi connectivity index (χ4v) is 5.03. The molecule has 2 aromatic rings. The summed E-state index contributed by atoms with van der Waals surface area (Å²) < 4.78 is 2.19. The number of rotatable bonds is 4. The maximum Gasteiger partial charge on any atom is 0.253 e. The van der Waals surface area contributed by atoms with Crippen LogP contribution in [0.25, 0.3) is 11.1 Å². The zero-order valence-corrected chi connectivity index (χ0v) is 21.4. The van der Waals surface area contributed by atoms with E-state index < -0.39 is 6.04 Å². The van der Waals surface area contributed by atoms with Crippen LogP contribution in [-0.4, -0.2) is 59.3 Å². The molecule has 1 amide bonds. The zero-order chi connectivity index (χ0) is 26.1. The highest BCUT2D eigenvalue weighted by Gasteiger charge is 2.25. The number of nitrogens with one attached hydrogen (secondary N) is 1. The van der Waals surface area contributed by atoms with Gasteiger partial charge < -0.3 is 20.5 Å². The molecule has 1 aromatic heterocycles. The van der Waals surface area contributed by atoms with E-state index in [0.717, 1.165) is 48.6 Å². The molecule has 37 heavy (non-hydrogen) atoms. The molecule has 0 aliphatic carbocycles. The number of dihydropyridines is 1. The number of hydrogen-bond donors (Lipinski definition) is 2. The largest absolute Gasteiger partial charge is 0.384 e. The van der Waals surface area contributed by atoms with Gasteiger partial charge >= 0.3 is 0 Å². The molecule has 3 aliphatic rings. The quantitative estimate of drug-likeness (QED) is 0.678. The first-order valence-electron chi connectivity index (χ1n) is 12.4. The molecule has 0 fully saturated rings. The average Bonchev–Trinajstić information content (AvgIpc) is 3.23. The van der Waals surface area contributed by atoms with Gasteiger partial charge in [-0.2, -0.15) is 5.26 Å². The van der Waals surface area contributed by atoms with Crippen LogP contribution in [0.15, 0.2) is 71.4 Å². The second kappa shape index (κ2) is 9.96. The summed E-state index contributed by atoms with van der Waals surface area (Å²) >= 11 is 0. The molecule has 0 saturated heterocycles. The van der Waals surface area contributed by atoms with Gasteiger partial charge in [-0.3, -0.25) is 9.69 Å². The average molecular weight is 494 g/mol. The van der Waals surface area contributed by atoms with Crippen LogP contribution in [0, 0.1) is 11.3 Å². The first kappa shape index (κ1) is 24.3. The summed E-state index contributed by atoms with van der Waals surface area (Å²) in [5.74, 6) is 1.40. The van der Waals surface area contributed by atoms with Crippen molar-refractivity contribution in [2.45, 2.75) is 19.0 Å². The molecule has 0 spiro atoms. The number of nitriles is 1. The van der Waals surface area contributed by atoms with Gasteiger partial charge in [0, 0.05) is 63.8 Å². The van der Waals surface area contributed by atoms with Gasteiger partial charge in [-0.1, -0.05) is 24.3 Å². The van der Waals surface area contributed by atoms with Crippen molar-refractivity contribution in [1.82, 2.24) is 14.4 Å². The first-order chi connectivity index (χ1) is 17.9. The van der Waals surface area contributed by atoms with Crippen LogP contribution in [0.1, 0.15) is 33.6 Å². The van der Waals surface area contributed by atoms with Gasteiger partial charge in [0.1, 0.15) is 11.7 Å². The van der Waals surface area contributed by atoms with E-state index in [1.807, 2.05) is 42.6 Å². The van der Waals surface area contributed by atoms with E-state index >= 15 is 0 Å². The standard InChI is InChI=1S/C29H31N7O/c1-34(2)29(37)21-6-4-19(5-7-21)20-11-14-36(15-12-20)18-22-16-25-23(10-13-32-28(25)35(22)3)24-8-9-27(31)33-26(24)17-30/h4-11,13,16,26,32H,12,14-15,18H2,1-3H3,(H2,31,33)/b24-23+. The lowest BCUT2D eigenvalue weighted by molar-refractivity contribution is 0.0827. The second-order valence-electron chi connectivity index (χ2n) is 9.71. The summed E-state index contributed by atoms with van der Waals surface area (Å²) in [5, 5.41) is 13.0. The third-order valence-electron chi connectivity index (χ3n) is 7.12. The third-order valence-corrected chi connectivity index (χ3v) is 7.12. The molecule has 8 heteroatoms. The number of nitrogens with two attached hydrogens (primary N) is 1. The van der Waals surface area contributed by atoms with Crippen molar-refractivity contribution in [3.8, 4) is 6.07 Å². The highest BCUT2D eigenvalue weighted by atomic mass is 16.2. The van der Waals surface area contributed by atoms with Crippen molar-refractivity contribution >= 4 is 28.7 Å². The van der Waals surface area contributed by atoms with Gasteiger partial charge in [-0.05, 0) is 59.1 Å². The zero-order valence-electron chi connectivity index (χ0n) is 21.4. The Hall–Kier alpha value is -4.35. The molecule has 5 rings (SSSR count). The van der Waals surface area contributed by atoms with Gasteiger partial charge in [-0.25, -0.2) is 4.99 Å².